The average molecular weight is 380 g/mol. The Morgan fingerprint density at radius 1 is 1.21 bits per heavy atom. The van der Waals surface area contributed by atoms with Crippen LogP contribution in [-0.2, 0) is 0 Å². The number of benzene rings is 1. The fraction of sp³-hybridized carbons (Fsp3) is 0.476. The number of hydrogen-bond acceptors (Lipinski definition) is 7. The molecule has 1 aliphatic rings. The Bertz CT molecular complexity index is 940. The molecule has 1 saturated heterocycles. The van der Waals surface area contributed by atoms with Gasteiger partial charge in [-0.2, -0.15) is 4.98 Å². The number of rotatable bonds is 6. The number of aryl methyl sites for hydroxylation is 2. The van der Waals surface area contributed by atoms with Gasteiger partial charge in [-0.15, -0.1) is 0 Å². The molecule has 7 nitrogen and oxygen atoms in total. The number of aromatic nitrogens is 3. The molecule has 0 aliphatic carbocycles. The van der Waals surface area contributed by atoms with Gasteiger partial charge in [-0.1, -0.05) is 17.3 Å². The predicted octanol–water partition coefficient (Wildman–Crippen LogP) is 3.25. The van der Waals surface area contributed by atoms with E-state index in [1.54, 1.807) is 0 Å². The number of nitrogens with one attached hydrogen (secondary N) is 1. The summed E-state index contributed by atoms with van der Waals surface area (Å²) >= 11 is 0. The summed E-state index contributed by atoms with van der Waals surface area (Å²) in [5, 5.41) is 8.27. The van der Waals surface area contributed by atoms with E-state index in [2.05, 4.69) is 68.4 Å². The maximum absolute atomic E-state index is 5.20. The highest BCUT2D eigenvalue weighted by Crippen LogP contribution is 2.23. The SMILES string of the molecule is Cc1cccc(N2CCN(CCCNc3ncnc4onc(C)c34)CC2C)c1. The normalized spacial score (nSPS) is 18.0. The average Bonchev–Trinajstić information content (AvgIpc) is 3.07. The number of anilines is 2. The fourth-order valence-corrected chi connectivity index (χ4v) is 3.99. The lowest BCUT2D eigenvalue weighted by Gasteiger charge is -2.41. The Kier molecular flexibility index (Phi) is 5.43. The van der Waals surface area contributed by atoms with Crippen LogP contribution >= 0.6 is 0 Å². The van der Waals surface area contributed by atoms with Crippen molar-refractivity contribution < 1.29 is 4.52 Å². The number of nitrogens with zero attached hydrogens (tertiary/aromatic N) is 5. The minimum atomic E-state index is 0.518. The van der Waals surface area contributed by atoms with Crippen LogP contribution in [0.25, 0.3) is 11.1 Å². The molecule has 1 atom stereocenters. The third-order valence-corrected chi connectivity index (χ3v) is 5.43. The first-order valence-electron chi connectivity index (χ1n) is 9.98. The Morgan fingerprint density at radius 2 is 2.11 bits per heavy atom. The van der Waals surface area contributed by atoms with Gasteiger partial charge in [-0.3, -0.25) is 4.90 Å². The molecular formula is C21H28N6O. The van der Waals surface area contributed by atoms with Crippen molar-refractivity contribution in [1.82, 2.24) is 20.0 Å². The molecule has 4 rings (SSSR count). The van der Waals surface area contributed by atoms with E-state index in [-0.39, 0.29) is 0 Å². The topological polar surface area (TPSA) is 70.3 Å². The van der Waals surface area contributed by atoms with Crippen LogP contribution in [0.3, 0.4) is 0 Å². The molecule has 2 aromatic heterocycles. The monoisotopic (exact) mass is 380 g/mol. The molecule has 0 radical (unpaired) electrons. The van der Waals surface area contributed by atoms with Gasteiger partial charge < -0.3 is 14.7 Å². The summed E-state index contributed by atoms with van der Waals surface area (Å²) in [7, 11) is 0. The zero-order valence-electron chi connectivity index (χ0n) is 16.9. The van der Waals surface area contributed by atoms with Crippen LogP contribution in [0.4, 0.5) is 11.5 Å². The second kappa shape index (κ2) is 8.14. The van der Waals surface area contributed by atoms with Crippen molar-refractivity contribution in [2.24, 2.45) is 0 Å². The minimum absolute atomic E-state index is 0.518. The van der Waals surface area contributed by atoms with Crippen LogP contribution in [0, 0.1) is 13.8 Å². The lowest BCUT2D eigenvalue weighted by Crippen LogP contribution is -2.52. The standard InChI is InChI=1S/C21H28N6O/c1-15-6-4-7-18(12-15)27-11-10-26(13-16(27)2)9-5-8-22-20-19-17(3)25-28-21(19)24-14-23-20/h4,6-7,12,14,16H,5,8-11,13H2,1-3H3,(H,22,23,24). The van der Waals surface area contributed by atoms with Crippen LogP contribution in [0.1, 0.15) is 24.6 Å². The third kappa shape index (κ3) is 3.94. The van der Waals surface area contributed by atoms with Crippen molar-refractivity contribution in [3.63, 3.8) is 0 Å². The molecule has 0 amide bonds. The van der Waals surface area contributed by atoms with Crippen molar-refractivity contribution >= 4 is 22.6 Å². The molecule has 0 bridgehead atoms. The number of piperazine rings is 1. The van der Waals surface area contributed by atoms with Crippen molar-refractivity contribution in [2.45, 2.75) is 33.2 Å². The molecule has 28 heavy (non-hydrogen) atoms. The maximum Gasteiger partial charge on any atom is 0.263 e. The van der Waals surface area contributed by atoms with E-state index in [0.29, 0.717) is 11.8 Å². The van der Waals surface area contributed by atoms with E-state index >= 15 is 0 Å². The minimum Gasteiger partial charge on any atom is -0.369 e. The molecule has 3 heterocycles. The molecule has 1 fully saturated rings. The highest BCUT2D eigenvalue weighted by molar-refractivity contribution is 5.87. The van der Waals surface area contributed by atoms with Crippen molar-refractivity contribution in [3.05, 3.63) is 41.9 Å². The third-order valence-electron chi connectivity index (χ3n) is 5.43. The van der Waals surface area contributed by atoms with E-state index < -0.39 is 0 Å². The molecule has 0 spiro atoms. The lowest BCUT2D eigenvalue weighted by molar-refractivity contribution is 0.228. The molecule has 3 aromatic rings. The van der Waals surface area contributed by atoms with Gasteiger partial charge in [0.25, 0.3) is 5.71 Å². The molecule has 0 saturated carbocycles. The molecule has 148 valence electrons. The van der Waals surface area contributed by atoms with Gasteiger partial charge >= 0.3 is 0 Å². The summed E-state index contributed by atoms with van der Waals surface area (Å²) in [5.41, 5.74) is 4.01. The number of hydrogen-bond donors (Lipinski definition) is 1. The first kappa shape index (κ1) is 18.7. The Balaban J connectivity index is 1.27. The lowest BCUT2D eigenvalue weighted by atomic mass is 10.1. The quantitative estimate of drug-likeness (QED) is 0.658. The summed E-state index contributed by atoms with van der Waals surface area (Å²) in [6.07, 6.45) is 2.58. The van der Waals surface area contributed by atoms with Gasteiger partial charge in [-0.05, 0) is 51.4 Å². The first-order valence-corrected chi connectivity index (χ1v) is 9.98. The van der Waals surface area contributed by atoms with Gasteiger partial charge in [0, 0.05) is 37.9 Å². The second-order valence-corrected chi connectivity index (χ2v) is 7.63. The Hall–Kier alpha value is -2.67. The molecule has 1 N–H and O–H groups in total. The van der Waals surface area contributed by atoms with E-state index in [0.717, 1.165) is 56.0 Å². The Labute approximate surface area is 165 Å². The van der Waals surface area contributed by atoms with E-state index in [4.69, 9.17) is 4.52 Å². The van der Waals surface area contributed by atoms with Crippen molar-refractivity contribution in [2.75, 3.05) is 42.9 Å². The zero-order chi connectivity index (χ0) is 19.5. The molecule has 1 aliphatic heterocycles. The first-order chi connectivity index (χ1) is 13.6. The van der Waals surface area contributed by atoms with Gasteiger partial charge in [-0.25, -0.2) is 4.98 Å². The van der Waals surface area contributed by atoms with Crippen LogP contribution < -0.4 is 10.2 Å². The van der Waals surface area contributed by atoms with Crippen molar-refractivity contribution in [3.8, 4) is 0 Å². The summed E-state index contributed by atoms with van der Waals surface area (Å²) in [6.45, 7) is 11.6. The highest BCUT2D eigenvalue weighted by atomic mass is 16.5. The summed E-state index contributed by atoms with van der Waals surface area (Å²) < 4.78 is 5.20. The fourth-order valence-electron chi connectivity index (χ4n) is 3.99. The molecule has 1 unspecified atom stereocenters. The van der Waals surface area contributed by atoms with Gasteiger partial charge in [0.1, 0.15) is 17.5 Å². The summed E-state index contributed by atoms with van der Waals surface area (Å²) in [4.78, 5) is 13.5. The number of fused-ring (bicyclic) bond motifs is 1. The van der Waals surface area contributed by atoms with E-state index in [1.807, 2.05) is 6.92 Å². The second-order valence-electron chi connectivity index (χ2n) is 7.63. The zero-order valence-corrected chi connectivity index (χ0v) is 16.9. The Morgan fingerprint density at radius 3 is 2.93 bits per heavy atom. The summed E-state index contributed by atoms with van der Waals surface area (Å²) in [6, 6.07) is 9.33. The van der Waals surface area contributed by atoms with Crippen LogP contribution in [0.5, 0.6) is 0 Å². The van der Waals surface area contributed by atoms with Crippen LogP contribution in [-0.4, -0.2) is 58.8 Å². The van der Waals surface area contributed by atoms with Crippen molar-refractivity contribution in [1.29, 1.82) is 0 Å². The maximum atomic E-state index is 5.20. The largest absolute Gasteiger partial charge is 0.369 e. The van der Waals surface area contributed by atoms with Gasteiger partial charge in [0.05, 0.1) is 5.69 Å². The van der Waals surface area contributed by atoms with Gasteiger partial charge in [0.15, 0.2) is 0 Å². The highest BCUT2D eigenvalue weighted by Gasteiger charge is 2.23. The van der Waals surface area contributed by atoms with Crippen LogP contribution in [0.2, 0.25) is 0 Å². The predicted molar refractivity (Wildman–Crippen MR) is 112 cm³/mol. The van der Waals surface area contributed by atoms with Gasteiger partial charge in [0.2, 0.25) is 0 Å². The smallest absolute Gasteiger partial charge is 0.263 e. The van der Waals surface area contributed by atoms with Crippen LogP contribution in [0.15, 0.2) is 35.1 Å². The van der Waals surface area contributed by atoms with E-state index in [9.17, 15) is 0 Å². The van der Waals surface area contributed by atoms with E-state index in [1.165, 1.54) is 17.6 Å². The molecule has 1 aromatic carbocycles. The molecule has 7 heteroatoms. The molecular weight excluding hydrogens is 352 g/mol. The summed E-state index contributed by atoms with van der Waals surface area (Å²) in [5.74, 6) is 0.807.